The summed E-state index contributed by atoms with van der Waals surface area (Å²) >= 11 is 0. The molecule has 0 heterocycles. The van der Waals surface area contributed by atoms with Gasteiger partial charge in [0.2, 0.25) is 0 Å². The van der Waals surface area contributed by atoms with Crippen LogP contribution in [0.5, 0.6) is 0 Å². The molecule has 0 aliphatic rings. The number of aliphatic hydroxyl groups excluding tert-OH is 1. The number of hydrogen-bond acceptors (Lipinski definition) is 1. The van der Waals surface area contributed by atoms with Crippen LogP contribution in [0.3, 0.4) is 0 Å². The van der Waals surface area contributed by atoms with Crippen molar-refractivity contribution >= 4 is 0 Å². The van der Waals surface area contributed by atoms with E-state index in [1.807, 2.05) is 32.0 Å². The molecule has 0 radical (unpaired) electrons. The van der Waals surface area contributed by atoms with E-state index in [0.29, 0.717) is 18.4 Å². The van der Waals surface area contributed by atoms with Crippen molar-refractivity contribution in [1.82, 2.24) is 0 Å². The Morgan fingerprint density at radius 3 is 2.05 bits per heavy atom. The van der Waals surface area contributed by atoms with Crippen molar-refractivity contribution in [1.29, 1.82) is 0 Å². The van der Waals surface area contributed by atoms with Gasteiger partial charge in [-0.1, -0.05) is 24.3 Å². The van der Waals surface area contributed by atoms with Gasteiger partial charge in [-0.15, -0.1) is 0 Å². The molecule has 1 N–H and O–H groups in total. The maximum Gasteiger partial charge on any atom is 0.159 e. The lowest BCUT2D eigenvalue weighted by Crippen LogP contribution is -2.14. The lowest BCUT2D eigenvalue weighted by Gasteiger charge is -2.12. The molecule has 0 fully saturated rings. The summed E-state index contributed by atoms with van der Waals surface area (Å²) in [6, 6.07) is 9.78. The second-order valence-electron chi connectivity index (χ2n) is 5.23. The Kier molecular flexibility index (Phi) is 4.50. The van der Waals surface area contributed by atoms with Gasteiger partial charge in [-0.05, 0) is 61.1 Å². The van der Waals surface area contributed by atoms with Gasteiger partial charge in [0, 0.05) is 0 Å². The quantitative estimate of drug-likeness (QED) is 0.902. The summed E-state index contributed by atoms with van der Waals surface area (Å²) in [4.78, 5) is 0. The number of benzene rings is 2. The summed E-state index contributed by atoms with van der Waals surface area (Å²) in [7, 11) is 0. The number of rotatable bonds is 4. The summed E-state index contributed by atoms with van der Waals surface area (Å²) in [5, 5.41) is 10.1. The van der Waals surface area contributed by atoms with Gasteiger partial charge in [0.05, 0.1) is 6.10 Å². The molecule has 2 aromatic rings. The normalized spacial score (nSPS) is 12.4. The van der Waals surface area contributed by atoms with Crippen LogP contribution in [0.2, 0.25) is 0 Å². The number of halogens is 2. The van der Waals surface area contributed by atoms with E-state index in [1.54, 1.807) is 0 Å². The number of aliphatic hydroxyl groups is 1. The highest BCUT2D eigenvalue weighted by atomic mass is 19.2. The smallest absolute Gasteiger partial charge is 0.159 e. The van der Waals surface area contributed by atoms with Crippen molar-refractivity contribution in [2.45, 2.75) is 32.8 Å². The van der Waals surface area contributed by atoms with Gasteiger partial charge in [-0.2, -0.15) is 0 Å². The van der Waals surface area contributed by atoms with E-state index in [9.17, 15) is 13.9 Å². The first-order valence-corrected chi connectivity index (χ1v) is 6.64. The standard InChI is InChI=1S/C17H18F2O/c1-11-3-4-13(7-12(11)2)8-15(20)9-14-5-6-16(18)17(19)10-14/h3-7,10,15,20H,8-9H2,1-2H3. The third-order valence-electron chi connectivity index (χ3n) is 3.50. The Labute approximate surface area is 117 Å². The molecule has 0 aromatic heterocycles. The van der Waals surface area contributed by atoms with Crippen molar-refractivity contribution in [3.8, 4) is 0 Å². The van der Waals surface area contributed by atoms with Crippen molar-refractivity contribution in [3.63, 3.8) is 0 Å². The Morgan fingerprint density at radius 1 is 0.850 bits per heavy atom. The summed E-state index contributed by atoms with van der Waals surface area (Å²) in [5.74, 6) is -1.74. The lowest BCUT2D eigenvalue weighted by atomic mass is 9.98. The fourth-order valence-corrected chi connectivity index (χ4v) is 2.21. The van der Waals surface area contributed by atoms with Gasteiger partial charge < -0.3 is 5.11 Å². The van der Waals surface area contributed by atoms with Gasteiger partial charge >= 0.3 is 0 Å². The van der Waals surface area contributed by atoms with E-state index in [0.717, 1.165) is 17.7 Å². The van der Waals surface area contributed by atoms with Crippen LogP contribution in [0.1, 0.15) is 22.3 Å². The molecule has 0 aliphatic carbocycles. The molecule has 2 rings (SSSR count). The van der Waals surface area contributed by atoms with Crippen LogP contribution in [0.4, 0.5) is 8.78 Å². The fraction of sp³-hybridized carbons (Fsp3) is 0.294. The van der Waals surface area contributed by atoms with Gasteiger partial charge in [0.1, 0.15) is 0 Å². The molecule has 1 nitrogen and oxygen atoms in total. The Bertz CT molecular complexity index is 554. The van der Waals surface area contributed by atoms with E-state index in [1.165, 1.54) is 17.2 Å². The molecule has 0 saturated carbocycles. The van der Waals surface area contributed by atoms with Gasteiger partial charge in [-0.25, -0.2) is 8.78 Å². The molecular formula is C17H18F2O. The van der Waals surface area contributed by atoms with Crippen LogP contribution in [0.15, 0.2) is 36.4 Å². The van der Waals surface area contributed by atoms with Crippen LogP contribution >= 0.6 is 0 Å². The zero-order valence-corrected chi connectivity index (χ0v) is 11.7. The van der Waals surface area contributed by atoms with Crippen LogP contribution < -0.4 is 0 Å². The minimum atomic E-state index is -0.874. The first-order valence-electron chi connectivity index (χ1n) is 6.64. The highest BCUT2D eigenvalue weighted by Gasteiger charge is 2.10. The fourth-order valence-electron chi connectivity index (χ4n) is 2.21. The van der Waals surface area contributed by atoms with Crippen molar-refractivity contribution in [2.75, 3.05) is 0 Å². The zero-order chi connectivity index (χ0) is 14.7. The van der Waals surface area contributed by atoms with Crippen molar-refractivity contribution in [3.05, 3.63) is 70.3 Å². The summed E-state index contributed by atoms with van der Waals surface area (Å²) in [6.07, 6.45) is 0.200. The second kappa shape index (κ2) is 6.14. The average molecular weight is 276 g/mol. The highest BCUT2D eigenvalue weighted by molar-refractivity contribution is 5.30. The molecule has 2 aromatic carbocycles. The highest BCUT2D eigenvalue weighted by Crippen LogP contribution is 2.15. The van der Waals surface area contributed by atoms with Crippen molar-refractivity contribution in [2.24, 2.45) is 0 Å². The third-order valence-corrected chi connectivity index (χ3v) is 3.50. The molecule has 20 heavy (non-hydrogen) atoms. The molecule has 1 atom stereocenters. The number of aryl methyl sites for hydroxylation is 2. The van der Waals surface area contributed by atoms with Crippen LogP contribution in [-0.2, 0) is 12.8 Å². The zero-order valence-electron chi connectivity index (χ0n) is 11.7. The Hall–Kier alpha value is -1.74. The molecule has 0 saturated heterocycles. The van der Waals surface area contributed by atoms with E-state index in [4.69, 9.17) is 0 Å². The van der Waals surface area contributed by atoms with Gasteiger partial charge in [0.25, 0.3) is 0 Å². The topological polar surface area (TPSA) is 20.2 Å². The van der Waals surface area contributed by atoms with Crippen LogP contribution in [-0.4, -0.2) is 11.2 Å². The monoisotopic (exact) mass is 276 g/mol. The molecule has 106 valence electrons. The summed E-state index contributed by atoms with van der Waals surface area (Å²) < 4.78 is 25.9. The number of hydrogen-bond donors (Lipinski definition) is 1. The Morgan fingerprint density at radius 2 is 1.45 bits per heavy atom. The second-order valence-corrected chi connectivity index (χ2v) is 5.23. The van der Waals surface area contributed by atoms with E-state index in [2.05, 4.69) is 0 Å². The maximum atomic E-state index is 13.1. The molecule has 1 unspecified atom stereocenters. The SMILES string of the molecule is Cc1ccc(CC(O)Cc2ccc(F)c(F)c2)cc1C. The van der Waals surface area contributed by atoms with Gasteiger partial charge in [-0.3, -0.25) is 0 Å². The first-order chi connectivity index (χ1) is 9.45. The van der Waals surface area contributed by atoms with E-state index in [-0.39, 0.29) is 0 Å². The van der Waals surface area contributed by atoms with Crippen LogP contribution in [0, 0.1) is 25.5 Å². The average Bonchev–Trinajstić information content (AvgIpc) is 2.38. The molecule has 0 aliphatic heterocycles. The summed E-state index contributed by atoms with van der Waals surface area (Å²) in [6.45, 7) is 4.07. The first kappa shape index (κ1) is 14.7. The minimum Gasteiger partial charge on any atom is -0.392 e. The van der Waals surface area contributed by atoms with E-state index < -0.39 is 17.7 Å². The van der Waals surface area contributed by atoms with E-state index >= 15 is 0 Å². The molecule has 0 amide bonds. The Balaban J connectivity index is 2.02. The third kappa shape index (κ3) is 3.64. The molecule has 3 heteroatoms. The summed E-state index contributed by atoms with van der Waals surface area (Å²) in [5.41, 5.74) is 4.04. The molecule has 0 bridgehead atoms. The predicted molar refractivity (Wildman–Crippen MR) is 75.7 cm³/mol. The molecule has 0 spiro atoms. The van der Waals surface area contributed by atoms with Crippen molar-refractivity contribution < 1.29 is 13.9 Å². The van der Waals surface area contributed by atoms with Crippen LogP contribution in [0.25, 0.3) is 0 Å². The molecular weight excluding hydrogens is 258 g/mol. The predicted octanol–water partition coefficient (Wildman–Crippen LogP) is 3.73. The lowest BCUT2D eigenvalue weighted by molar-refractivity contribution is 0.175. The minimum absolute atomic E-state index is 0.310. The van der Waals surface area contributed by atoms with Gasteiger partial charge in [0.15, 0.2) is 11.6 Å². The maximum absolute atomic E-state index is 13.1. The largest absolute Gasteiger partial charge is 0.392 e.